The van der Waals surface area contributed by atoms with E-state index >= 15 is 0 Å². The topological polar surface area (TPSA) is 151 Å². The Morgan fingerprint density at radius 1 is 0.886 bits per heavy atom. The first-order chi connectivity index (χ1) is 16.8. The summed E-state index contributed by atoms with van der Waals surface area (Å²) in [5.74, 6) is -1.37. The van der Waals surface area contributed by atoms with Crippen LogP contribution in [-0.4, -0.2) is 65.3 Å². The van der Waals surface area contributed by atoms with Gasteiger partial charge in [0.25, 0.3) is 11.8 Å². The second-order valence-corrected chi connectivity index (χ2v) is 7.26. The van der Waals surface area contributed by atoms with E-state index in [-0.39, 0.29) is 46.2 Å². The number of benzene rings is 2. The first-order valence-electron chi connectivity index (χ1n) is 10.3. The Hall–Kier alpha value is -4.48. The van der Waals surface area contributed by atoms with Gasteiger partial charge in [0.1, 0.15) is 11.8 Å². The summed E-state index contributed by atoms with van der Waals surface area (Å²) in [6.45, 7) is 0. The summed E-state index contributed by atoms with van der Waals surface area (Å²) >= 11 is 0. The van der Waals surface area contributed by atoms with Crippen molar-refractivity contribution in [2.45, 2.75) is 12.5 Å². The molecule has 0 fully saturated rings. The van der Waals surface area contributed by atoms with Crippen molar-refractivity contribution < 1.29 is 42.9 Å². The SMILES string of the molecule is COC(=O)C[C@@H]1NC(=O)c2cc(OC)c(NC(=O)c3cc(OC)c(OC)c(OC)c3)cc2NC1=O. The fourth-order valence-electron chi connectivity index (χ4n) is 3.46. The molecule has 0 saturated carbocycles. The minimum Gasteiger partial charge on any atom is -0.495 e. The summed E-state index contributed by atoms with van der Waals surface area (Å²) in [6.07, 6.45) is -0.343. The van der Waals surface area contributed by atoms with Crippen molar-refractivity contribution in [2.24, 2.45) is 0 Å². The van der Waals surface area contributed by atoms with Gasteiger partial charge >= 0.3 is 5.97 Å². The van der Waals surface area contributed by atoms with Gasteiger partial charge < -0.3 is 39.6 Å². The van der Waals surface area contributed by atoms with E-state index in [2.05, 4.69) is 20.7 Å². The van der Waals surface area contributed by atoms with Crippen LogP contribution < -0.4 is 34.9 Å². The maximum atomic E-state index is 13.1. The zero-order valence-electron chi connectivity index (χ0n) is 19.8. The van der Waals surface area contributed by atoms with Gasteiger partial charge in [0, 0.05) is 5.56 Å². The summed E-state index contributed by atoms with van der Waals surface area (Å²) in [4.78, 5) is 50.0. The third-order valence-electron chi connectivity index (χ3n) is 5.24. The van der Waals surface area contributed by atoms with E-state index in [0.29, 0.717) is 5.75 Å². The lowest BCUT2D eigenvalue weighted by Crippen LogP contribution is -2.42. The zero-order valence-corrected chi connectivity index (χ0v) is 19.8. The van der Waals surface area contributed by atoms with Crippen molar-refractivity contribution in [3.63, 3.8) is 0 Å². The molecule has 3 N–H and O–H groups in total. The molecule has 1 atom stereocenters. The smallest absolute Gasteiger partial charge is 0.308 e. The van der Waals surface area contributed by atoms with Gasteiger partial charge in [-0.25, -0.2) is 0 Å². The molecule has 3 amide bonds. The van der Waals surface area contributed by atoms with E-state index in [9.17, 15) is 19.2 Å². The second kappa shape index (κ2) is 10.6. The lowest BCUT2D eigenvalue weighted by molar-refractivity contribution is -0.142. The molecule has 0 unspecified atom stereocenters. The van der Waals surface area contributed by atoms with Gasteiger partial charge in [-0.3, -0.25) is 19.2 Å². The average molecular weight is 487 g/mol. The number of hydrogen-bond acceptors (Lipinski definition) is 9. The summed E-state index contributed by atoms with van der Waals surface area (Å²) in [5, 5.41) is 7.78. The Balaban J connectivity index is 1.95. The van der Waals surface area contributed by atoms with E-state index in [0.717, 1.165) is 0 Å². The average Bonchev–Trinajstić information content (AvgIpc) is 2.97. The van der Waals surface area contributed by atoms with E-state index in [1.807, 2.05) is 0 Å². The van der Waals surface area contributed by atoms with Crippen LogP contribution in [0.5, 0.6) is 23.0 Å². The van der Waals surface area contributed by atoms with E-state index in [1.165, 1.54) is 59.8 Å². The Morgan fingerprint density at radius 2 is 1.51 bits per heavy atom. The monoisotopic (exact) mass is 487 g/mol. The number of amides is 3. The van der Waals surface area contributed by atoms with E-state index in [1.54, 1.807) is 0 Å². The highest BCUT2D eigenvalue weighted by Gasteiger charge is 2.31. The Kier molecular flexibility index (Phi) is 7.64. The molecule has 0 saturated heterocycles. The lowest BCUT2D eigenvalue weighted by atomic mass is 10.1. The van der Waals surface area contributed by atoms with Crippen molar-refractivity contribution in [3.8, 4) is 23.0 Å². The lowest BCUT2D eigenvalue weighted by Gasteiger charge is -2.16. The molecule has 0 aromatic heterocycles. The van der Waals surface area contributed by atoms with Crippen LogP contribution in [-0.2, 0) is 14.3 Å². The highest BCUT2D eigenvalue weighted by Crippen LogP contribution is 2.39. The fourth-order valence-corrected chi connectivity index (χ4v) is 3.46. The Bertz CT molecular complexity index is 1150. The van der Waals surface area contributed by atoms with Crippen LogP contribution in [0.25, 0.3) is 0 Å². The van der Waals surface area contributed by atoms with Gasteiger partial charge in [-0.1, -0.05) is 0 Å². The molecular formula is C23H25N3O9. The summed E-state index contributed by atoms with van der Waals surface area (Å²) in [7, 11) is 6.84. The molecule has 1 aliphatic heterocycles. The number of esters is 1. The molecule has 12 nitrogen and oxygen atoms in total. The number of ether oxygens (including phenoxy) is 5. The molecular weight excluding hydrogens is 462 g/mol. The molecule has 1 heterocycles. The zero-order chi connectivity index (χ0) is 25.7. The second-order valence-electron chi connectivity index (χ2n) is 7.26. The van der Waals surface area contributed by atoms with Crippen LogP contribution in [0.15, 0.2) is 24.3 Å². The van der Waals surface area contributed by atoms with Crippen LogP contribution in [0.1, 0.15) is 27.1 Å². The summed E-state index contributed by atoms with van der Waals surface area (Å²) < 4.78 is 25.8. The number of carbonyl (C=O) groups excluding carboxylic acids is 4. The number of carbonyl (C=O) groups is 4. The molecule has 0 aliphatic carbocycles. The minimum atomic E-state index is -1.13. The van der Waals surface area contributed by atoms with Crippen LogP contribution in [0.3, 0.4) is 0 Å². The molecule has 0 bridgehead atoms. The molecule has 35 heavy (non-hydrogen) atoms. The molecule has 2 aromatic rings. The number of fused-ring (bicyclic) bond motifs is 1. The minimum absolute atomic E-state index is 0.0911. The largest absolute Gasteiger partial charge is 0.495 e. The van der Waals surface area contributed by atoms with Gasteiger partial charge in [-0.2, -0.15) is 0 Å². The summed E-state index contributed by atoms with van der Waals surface area (Å²) in [6, 6.07) is 4.57. The van der Waals surface area contributed by atoms with Crippen LogP contribution in [0.4, 0.5) is 11.4 Å². The predicted molar refractivity (Wildman–Crippen MR) is 124 cm³/mol. The maximum absolute atomic E-state index is 13.1. The maximum Gasteiger partial charge on any atom is 0.308 e. The molecule has 0 radical (unpaired) electrons. The van der Waals surface area contributed by atoms with Crippen LogP contribution >= 0.6 is 0 Å². The third kappa shape index (κ3) is 5.21. The van der Waals surface area contributed by atoms with Crippen molar-refractivity contribution in [1.82, 2.24) is 5.32 Å². The molecule has 1 aliphatic rings. The first kappa shape index (κ1) is 25.1. The normalized spacial score (nSPS) is 14.5. The standard InChI is InChI=1S/C23H25N3O9/c1-31-16-8-12-13(24-23(30)15(26-22(12)29)10-19(27)34-4)9-14(16)25-21(28)11-6-17(32-2)20(35-5)18(7-11)33-3/h6-9,15H,10H2,1-5H3,(H,24,30)(H,25,28)(H,26,29)/t15-/m0/s1. The Morgan fingerprint density at radius 3 is 2.06 bits per heavy atom. The number of methoxy groups -OCH3 is 5. The van der Waals surface area contributed by atoms with Crippen molar-refractivity contribution >= 4 is 35.1 Å². The highest BCUT2D eigenvalue weighted by atomic mass is 16.5. The molecule has 3 rings (SSSR count). The number of hydrogen-bond donors (Lipinski definition) is 3. The van der Waals surface area contributed by atoms with Gasteiger partial charge in [-0.15, -0.1) is 0 Å². The fraction of sp³-hybridized carbons (Fsp3) is 0.304. The molecule has 2 aromatic carbocycles. The number of anilines is 2. The van der Waals surface area contributed by atoms with Gasteiger partial charge in [-0.05, 0) is 24.3 Å². The van der Waals surface area contributed by atoms with Crippen LogP contribution in [0.2, 0.25) is 0 Å². The number of rotatable bonds is 8. The molecule has 186 valence electrons. The first-order valence-corrected chi connectivity index (χ1v) is 10.3. The van der Waals surface area contributed by atoms with E-state index in [4.69, 9.17) is 18.9 Å². The molecule has 0 spiro atoms. The summed E-state index contributed by atoms with van der Waals surface area (Å²) in [5.41, 5.74) is 0.593. The number of nitrogens with one attached hydrogen (secondary N) is 3. The van der Waals surface area contributed by atoms with Gasteiger partial charge in [0.05, 0.1) is 58.9 Å². The third-order valence-corrected chi connectivity index (χ3v) is 5.24. The van der Waals surface area contributed by atoms with Crippen molar-refractivity contribution in [3.05, 3.63) is 35.4 Å². The Labute approximate surface area is 200 Å². The quantitative estimate of drug-likeness (QED) is 0.472. The van der Waals surface area contributed by atoms with Crippen LogP contribution in [0, 0.1) is 0 Å². The highest BCUT2D eigenvalue weighted by molar-refractivity contribution is 6.13. The van der Waals surface area contributed by atoms with Crippen molar-refractivity contribution in [2.75, 3.05) is 46.2 Å². The molecule has 12 heteroatoms. The van der Waals surface area contributed by atoms with Gasteiger partial charge in [0.15, 0.2) is 11.5 Å². The van der Waals surface area contributed by atoms with Crippen molar-refractivity contribution in [1.29, 1.82) is 0 Å². The van der Waals surface area contributed by atoms with Gasteiger partial charge in [0.2, 0.25) is 11.7 Å². The van der Waals surface area contributed by atoms with E-state index < -0.39 is 29.7 Å². The predicted octanol–water partition coefficient (Wildman–Crippen LogP) is 1.59.